The molecule has 0 aromatic heterocycles. The summed E-state index contributed by atoms with van der Waals surface area (Å²) in [5, 5.41) is 0. The zero-order chi connectivity index (χ0) is 11.1. The highest BCUT2D eigenvalue weighted by molar-refractivity contribution is 5.32. The van der Waals surface area contributed by atoms with Gasteiger partial charge in [-0.15, -0.1) is 0 Å². The Bertz CT molecular complexity index is 366. The van der Waals surface area contributed by atoms with Crippen molar-refractivity contribution in [2.24, 2.45) is 5.73 Å². The van der Waals surface area contributed by atoms with E-state index in [4.69, 9.17) is 5.73 Å². The summed E-state index contributed by atoms with van der Waals surface area (Å²) in [6.07, 6.45) is 0.778. The maximum atomic E-state index is 13.5. The minimum absolute atomic E-state index is 0.284. The third-order valence-corrected chi connectivity index (χ3v) is 3.24. The van der Waals surface area contributed by atoms with E-state index in [1.54, 1.807) is 13.0 Å². The molecule has 0 spiro atoms. The fourth-order valence-electron chi connectivity index (χ4n) is 2.64. The summed E-state index contributed by atoms with van der Waals surface area (Å²) in [5.41, 5.74) is 5.00. The molecule has 0 heterocycles. The maximum Gasteiger partial charge on any atom is 0.123 e. The third-order valence-electron chi connectivity index (χ3n) is 3.24. The van der Waals surface area contributed by atoms with Crippen molar-refractivity contribution < 1.29 is 8.78 Å². The van der Waals surface area contributed by atoms with Crippen LogP contribution in [0.25, 0.3) is 0 Å². The van der Waals surface area contributed by atoms with E-state index in [2.05, 4.69) is 0 Å². The second-order valence-electron chi connectivity index (χ2n) is 4.76. The number of alkyl halides is 1. The molecule has 1 saturated carbocycles. The average molecular weight is 211 g/mol. The molecule has 0 bridgehead atoms. The van der Waals surface area contributed by atoms with Crippen molar-refractivity contribution in [2.75, 3.05) is 6.54 Å². The van der Waals surface area contributed by atoms with Crippen LogP contribution in [-0.2, 0) is 5.41 Å². The van der Waals surface area contributed by atoms with Crippen LogP contribution >= 0.6 is 0 Å². The Balaban J connectivity index is 2.29. The quantitative estimate of drug-likeness (QED) is 0.799. The lowest BCUT2D eigenvalue weighted by atomic mass is 9.57. The molecule has 2 rings (SSSR count). The molecule has 1 fully saturated rings. The normalized spacial score (nSPS) is 34.9. The number of rotatable bonds is 2. The van der Waals surface area contributed by atoms with Crippen molar-refractivity contribution >= 4 is 0 Å². The van der Waals surface area contributed by atoms with E-state index in [0.717, 1.165) is 5.56 Å². The van der Waals surface area contributed by atoms with Gasteiger partial charge in [-0.2, -0.15) is 0 Å². The molecule has 2 N–H and O–H groups in total. The molecule has 3 heteroatoms. The second kappa shape index (κ2) is 3.27. The van der Waals surface area contributed by atoms with Gasteiger partial charge in [-0.05, 0) is 37.5 Å². The van der Waals surface area contributed by atoms with Crippen LogP contribution in [0, 0.1) is 5.82 Å². The molecule has 82 valence electrons. The third kappa shape index (κ3) is 1.76. The van der Waals surface area contributed by atoms with Gasteiger partial charge >= 0.3 is 0 Å². The lowest BCUT2D eigenvalue weighted by Gasteiger charge is -2.50. The Labute approximate surface area is 88.3 Å². The highest BCUT2D eigenvalue weighted by atomic mass is 19.1. The van der Waals surface area contributed by atoms with Crippen LogP contribution < -0.4 is 5.73 Å². The van der Waals surface area contributed by atoms with Crippen LogP contribution in [0.15, 0.2) is 24.3 Å². The molecule has 0 unspecified atom stereocenters. The van der Waals surface area contributed by atoms with E-state index in [-0.39, 0.29) is 11.2 Å². The van der Waals surface area contributed by atoms with E-state index < -0.39 is 5.67 Å². The molecule has 1 aromatic carbocycles. The van der Waals surface area contributed by atoms with Crippen LogP contribution in [-0.4, -0.2) is 12.2 Å². The lowest BCUT2D eigenvalue weighted by molar-refractivity contribution is 0.00259. The molecule has 0 atom stereocenters. The van der Waals surface area contributed by atoms with Gasteiger partial charge < -0.3 is 5.73 Å². The Morgan fingerprint density at radius 1 is 1.40 bits per heavy atom. The zero-order valence-corrected chi connectivity index (χ0v) is 8.76. The molecule has 1 aromatic rings. The SMILES string of the molecule is CC1(F)CC(CN)(c2cccc(F)c2)C1. The predicted octanol–water partition coefficient (Wildman–Crippen LogP) is 2.54. The molecule has 1 nitrogen and oxygen atoms in total. The first-order valence-electron chi connectivity index (χ1n) is 5.13. The van der Waals surface area contributed by atoms with Gasteiger partial charge in [-0.25, -0.2) is 8.78 Å². The first-order chi connectivity index (χ1) is 6.97. The van der Waals surface area contributed by atoms with Crippen molar-refractivity contribution in [2.45, 2.75) is 30.8 Å². The van der Waals surface area contributed by atoms with Gasteiger partial charge in [0.05, 0.1) is 0 Å². The summed E-state index contributed by atoms with van der Waals surface area (Å²) >= 11 is 0. The summed E-state index contributed by atoms with van der Waals surface area (Å²) in [7, 11) is 0. The number of hydrogen-bond acceptors (Lipinski definition) is 1. The van der Waals surface area contributed by atoms with Crippen LogP contribution in [0.5, 0.6) is 0 Å². The van der Waals surface area contributed by atoms with Gasteiger partial charge in [-0.1, -0.05) is 12.1 Å². The average Bonchev–Trinajstić information content (AvgIpc) is 2.13. The minimum atomic E-state index is -1.15. The molecular weight excluding hydrogens is 196 g/mol. The summed E-state index contributed by atoms with van der Waals surface area (Å²) in [6.45, 7) is 1.94. The standard InChI is InChI=1S/C12H15F2N/c1-11(14)6-12(7-11,8-15)9-3-2-4-10(13)5-9/h2-5H,6-8,15H2,1H3. The summed E-state index contributed by atoms with van der Waals surface area (Å²) in [5.74, 6) is -0.284. The molecule has 0 saturated heterocycles. The number of hydrogen-bond donors (Lipinski definition) is 1. The number of nitrogens with two attached hydrogens (primary N) is 1. The number of benzene rings is 1. The first-order valence-corrected chi connectivity index (χ1v) is 5.13. The first kappa shape index (κ1) is 10.6. The molecule has 1 aliphatic rings. The van der Waals surface area contributed by atoms with Crippen molar-refractivity contribution in [3.63, 3.8) is 0 Å². The molecule has 15 heavy (non-hydrogen) atoms. The van der Waals surface area contributed by atoms with Crippen LogP contribution in [0.3, 0.4) is 0 Å². The van der Waals surface area contributed by atoms with Gasteiger partial charge in [0.15, 0.2) is 0 Å². The molecule has 0 amide bonds. The van der Waals surface area contributed by atoms with Gasteiger partial charge in [0.25, 0.3) is 0 Å². The molecule has 0 radical (unpaired) electrons. The molecule has 1 aliphatic carbocycles. The summed E-state index contributed by atoms with van der Waals surface area (Å²) in [6, 6.07) is 6.32. The van der Waals surface area contributed by atoms with Crippen molar-refractivity contribution in [3.8, 4) is 0 Å². The van der Waals surface area contributed by atoms with E-state index >= 15 is 0 Å². The van der Waals surface area contributed by atoms with Gasteiger partial charge in [0, 0.05) is 12.0 Å². The molecular formula is C12H15F2N. The number of halogens is 2. The van der Waals surface area contributed by atoms with E-state index in [9.17, 15) is 8.78 Å². The minimum Gasteiger partial charge on any atom is -0.330 e. The highest BCUT2D eigenvalue weighted by Crippen LogP contribution is 2.51. The maximum absolute atomic E-state index is 13.5. The summed E-state index contributed by atoms with van der Waals surface area (Å²) in [4.78, 5) is 0. The van der Waals surface area contributed by atoms with Gasteiger partial charge in [0.2, 0.25) is 0 Å². The predicted molar refractivity (Wildman–Crippen MR) is 55.9 cm³/mol. The fourth-order valence-corrected chi connectivity index (χ4v) is 2.64. The largest absolute Gasteiger partial charge is 0.330 e. The lowest BCUT2D eigenvalue weighted by Crippen LogP contribution is -2.54. The second-order valence-corrected chi connectivity index (χ2v) is 4.76. The fraction of sp³-hybridized carbons (Fsp3) is 0.500. The van der Waals surface area contributed by atoms with Crippen LogP contribution in [0.2, 0.25) is 0 Å². The highest BCUT2D eigenvalue weighted by Gasteiger charge is 2.52. The van der Waals surface area contributed by atoms with Crippen LogP contribution in [0.1, 0.15) is 25.3 Å². The summed E-state index contributed by atoms with van der Waals surface area (Å²) < 4.78 is 26.6. The smallest absolute Gasteiger partial charge is 0.123 e. The molecule has 0 aliphatic heterocycles. The Kier molecular flexibility index (Phi) is 2.30. The zero-order valence-electron chi connectivity index (χ0n) is 8.76. The van der Waals surface area contributed by atoms with Gasteiger partial charge in [-0.3, -0.25) is 0 Å². The Hall–Kier alpha value is -0.960. The monoisotopic (exact) mass is 211 g/mol. The Morgan fingerprint density at radius 2 is 2.07 bits per heavy atom. The van der Waals surface area contributed by atoms with Crippen LogP contribution in [0.4, 0.5) is 8.78 Å². The van der Waals surface area contributed by atoms with Gasteiger partial charge in [0.1, 0.15) is 11.5 Å². The topological polar surface area (TPSA) is 26.0 Å². The Morgan fingerprint density at radius 3 is 2.53 bits per heavy atom. The van der Waals surface area contributed by atoms with E-state index in [0.29, 0.717) is 19.4 Å². The van der Waals surface area contributed by atoms with Crippen molar-refractivity contribution in [3.05, 3.63) is 35.6 Å². The van der Waals surface area contributed by atoms with E-state index in [1.807, 2.05) is 6.07 Å². The van der Waals surface area contributed by atoms with Crippen molar-refractivity contribution in [1.82, 2.24) is 0 Å². The van der Waals surface area contributed by atoms with Crippen molar-refractivity contribution in [1.29, 1.82) is 0 Å². The van der Waals surface area contributed by atoms with E-state index in [1.165, 1.54) is 12.1 Å².